The van der Waals surface area contributed by atoms with Crippen molar-refractivity contribution in [2.75, 3.05) is 13.7 Å². The van der Waals surface area contributed by atoms with Gasteiger partial charge in [0.2, 0.25) is 5.91 Å². The van der Waals surface area contributed by atoms with E-state index in [1.165, 1.54) is 0 Å². The normalized spacial score (nSPS) is 11.9. The summed E-state index contributed by atoms with van der Waals surface area (Å²) in [6.45, 7) is 2.89. The number of methoxy groups -OCH3 is 1. The minimum atomic E-state index is -0.0466. The number of carbonyl (C=O) groups is 1. The number of carbonyl (C=O) groups excluding carboxylic acids is 1. The third-order valence-corrected chi connectivity index (χ3v) is 2.69. The van der Waals surface area contributed by atoms with Crippen LogP contribution in [0.5, 0.6) is 5.75 Å². The van der Waals surface area contributed by atoms with Crippen molar-refractivity contribution in [1.82, 2.24) is 5.32 Å². The van der Waals surface area contributed by atoms with E-state index in [0.29, 0.717) is 19.5 Å². The van der Waals surface area contributed by atoms with Gasteiger partial charge < -0.3 is 15.8 Å². The summed E-state index contributed by atoms with van der Waals surface area (Å²) >= 11 is 0. The fourth-order valence-corrected chi connectivity index (χ4v) is 1.59. The Bertz CT molecular complexity index is 366. The van der Waals surface area contributed by atoms with E-state index in [9.17, 15) is 4.79 Å². The molecule has 0 aliphatic carbocycles. The highest BCUT2D eigenvalue weighted by molar-refractivity contribution is 5.78. The maximum atomic E-state index is 11.7. The molecule has 1 rings (SSSR count). The highest BCUT2D eigenvalue weighted by atomic mass is 16.5. The molecule has 4 heteroatoms. The molecule has 3 N–H and O–H groups in total. The van der Waals surface area contributed by atoms with Gasteiger partial charge in [-0.2, -0.15) is 0 Å². The monoisotopic (exact) mass is 236 g/mol. The molecule has 0 heterocycles. The third-order valence-electron chi connectivity index (χ3n) is 2.69. The number of nitrogens with two attached hydrogens (primary N) is 1. The summed E-state index contributed by atoms with van der Waals surface area (Å²) in [5.41, 5.74) is 6.40. The Morgan fingerprint density at radius 1 is 1.47 bits per heavy atom. The minimum Gasteiger partial charge on any atom is -0.496 e. The van der Waals surface area contributed by atoms with E-state index in [1.54, 1.807) is 7.11 Å². The first-order valence-electron chi connectivity index (χ1n) is 5.78. The molecular weight excluding hydrogens is 216 g/mol. The zero-order chi connectivity index (χ0) is 12.7. The Labute approximate surface area is 102 Å². The second-order valence-electron chi connectivity index (χ2n) is 4.01. The quantitative estimate of drug-likeness (QED) is 0.782. The minimum absolute atomic E-state index is 0.0290. The van der Waals surface area contributed by atoms with Gasteiger partial charge in [0.1, 0.15) is 5.75 Å². The predicted molar refractivity (Wildman–Crippen MR) is 67.7 cm³/mol. The van der Waals surface area contributed by atoms with Crippen molar-refractivity contribution in [1.29, 1.82) is 0 Å². The fraction of sp³-hybridized carbons (Fsp3) is 0.462. The second-order valence-corrected chi connectivity index (χ2v) is 4.01. The van der Waals surface area contributed by atoms with E-state index in [1.807, 2.05) is 31.2 Å². The average molecular weight is 236 g/mol. The summed E-state index contributed by atoms with van der Waals surface area (Å²) in [6, 6.07) is 7.64. The van der Waals surface area contributed by atoms with Crippen LogP contribution < -0.4 is 15.8 Å². The van der Waals surface area contributed by atoms with Crippen molar-refractivity contribution in [2.45, 2.75) is 19.9 Å². The van der Waals surface area contributed by atoms with Crippen LogP contribution in [0.15, 0.2) is 24.3 Å². The van der Waals surface area contributed by atoms with Gasteiger partial charge in [0, 0.05) is 18.0 Å². The van der Waals surface area contributed by atoms with Crippen LogP contribution in [0.1, 0.15) is 18.9 Å². The van der Waals surface area contributed by atoms with Gasteiger partial charge >= 0.3 is 0 Å². The zero-order valence-electron chi connectivity index (χ0n) is 10.4. The fourth-order valence-electron chi connectivity index (χ4n) is 1.59. The first-order valence-corrected chi connectivity index (χ1v) is 5.78. The number of hydrogen-bond donors (Lipinski definition) is 2. The smallest absolute Gasteiger partial charge is 0.223 e. The lowest BCUT2D eigenvalue weighted by Crippen LogP contribution is -2.30. The van der Waals surface area contributed by atoms with Crippen LogP contribution in [0.3, 0.4) is 0 Å². The second kappa shape index (κ2) is 6.91. The standard InChI is InChI=1S/C13H20N2O2/c1-10(7-8-14)13(16)15-9-11-5-3-4-6-12(11)17-2/h3-6,10H,7-9,14H2,1-2H3,(H,15,16). The van der Waals surface area contributed by atoms with Crippen molar-refractivity contribution < 1.29 is 9.53 Å². The SMILES string of the molecule is COc1ccccc1CNC(=O)C(C)CCN. The molecular formula is C13H20N2O2. The molecule has 1 aromatic rings. The number of rotatable bonds is 6. The van der Waals surface area contributed by atoms with Crippen LogP contribution in [-0.4, -0.2) is 19.6 Å². The highest BCUT2D eigenvalue weighted by Crippen LogP contribution is 2.16. The summed E-state index contributed by atoms with van der Waals surface area (Å²) in [7, 11) is 1.62. The van der Waals surface area contributed by atoms with Crippen molar-refractivity contribution in [3.05, 3.63) is 29.8 Å². The van der Waals surface area contributed by atoms with Crippen molar-refractivity contribution >= 4 is 5.91 Å². The lowest BCUT2D eigenvalue weighted by Gasteiger charge is -2.12. The topological polar surface area (TPSA) is 64.3 Å². The molecule has 0 radical (unpaired) electrons. The number of para-hydroxylation sites is 1. The molecule has 0 aromatic heterocycles. The summed E-state index contributed by atoms with van der Waals surface area (Å²) in [5.74, 6) is 0.773. The van der Waals surface area contributed by atoms with Crippen LogP contribution in [0.4, 0.5) is 0 Å². The van der Waals surface area contributed by atoms with E-state index >= 15 is 0 Å². The molecule has 17 heavy (non-hydrogen) atoms. The summed E-state index contributed by atoms with van der Waals surface area (Å²) < 4.78 is 5.21. The van der Waals surface area contributed by atoms with Crippen LogP contribution in [0.25, 0.3) is 0 Å². The van der Waals surface area contributed by atoms with Crippen LogP contribution in [0.2, 0.25) is 0 Å². The summed E-state index contributed by atoms with van der Waals surface area (Å²) in [6.07, 6.45) is 0.706. The number of hydrogen-bond acceptors (Lipinski definition) is 3. The van der Waals surface area contributed by atoms with Gasteiger partial charge in [0.15, 0.2) is 0 Å². The molecule has 0 bridgehead atoms. The van der Waals surface area contributed by atoms with Gasteiger partial charge in [0.05, 0.1) is 7.11 Å². The van der Waals surface area contributed by atoms with Gasteiger partial charge in [-0.3, -0.25) is 4.79 Å². The molecule has 1 amide bonds. The Hall–Kier alpha value is -1.55. The Balaban J connectivity index is 2.52. The van der Waals surface area contributed by atoms with Gasteiger partial charge in [-0.15, -0.1) is 0 Å². The zero-order valence-corrected chi connectivity index (χ0v) is 10.4. The highest BCUT2D eigenvalue weighted by Gasteiger charge is 2.11. The Kier molecular flexibility index (Phi) is 5.49. The van der Waals surface area contributed by atoms with E-state index < -0.39 is 0 Å². The summed E-state index contributed by atoms with van der Waals surface area (Å²) in [5, 5.41) is 2.88. The van der Waals surface area contributed by atoms with E-state index in [0.717, 1.165) is 11.3 Å². The van der Waals surface area contributed by atoms with E-state index in [-0.39, 0.29) is 11.8 Å². The molecule has 94 valence electrons. The van der Waals surface area contributed by atoms with Gasteiger partial charge in [-0.25, -0.2) is 0 Å². The van der Waals surface area contributed by atoms with Crippen LogP contribution in [-0.2, 0) is 11.3 Å². The lowest BCUT2D eigenvalue weighted by molar-refractivity contribution is -0.124. The number of ether oxygens (including phenoxy) is 1. The predicted octanol–water partition coefficient (Wildman–Crippen LogP) is 1.30. The molecule has 1 unspecified atom stereocenters. The maximum Gasteiger partial charge on any atom is 0.223 e. The molecule has 0 aliphatic heterocycles. The molecule has 0 spiro atoms. The van der Waals surface area contributed by atoms with Crippen molar-refractivity contribution in [2.24, 2.45) is 11.7 Å². The lowest BCUT2D eigenvalue weighted by atomic mass is 10.1. The maximum absolute atomic E-state index is 11.7. The number of benzene rings is 1. The van der Waals surface area contributed by atoms with Crippen LogP contribution >= 0.6 is 0 Å². The van der Waals surface area contributed by atoms with Gasteiger partial charge in [0.25, 0.3) is 0 Å². The number of amides is 1. The van der Waals surface area contributed by atoms with E-state index in [4.69, 9.17) is 10.5 Å². The first kappa shape index (κ1) is 13.5. The van der Waals surface area contributed by atoms with Gasteiger partial charge in [-0.05, 0) is 19.0 Å². The molecule has 4 nitrogen and oxygen atoms in total. The first-order chi connectivity index (χ1) is 8.19. The molecule has 0 saturated carbocycles. The van der Waals surface area contributed by atoms with E-state index in [2.05, 4.69) is 5.32 Å². The third kappa shape index (κ3) is 4.07. The van der Waals surface area contributed by atoms with Crippen LogP contribution in [0, 0.1) is 5.92 Å². The Morgan fingerprint density at radius 3 is 2.82 bits per heavy atom. The summed E-state index contributed by atoms with van der Waals surface area (Å²) in [4.78, 5) is 11.7. The Morgan fingerprint density at radius 2 is 2.18 bits per heavy atom. The largest absolute Gasteiger partial charge is 0.496 e. The molecule has 0 fully saturated rings. The number of nitrogens with one attached hydrogen (secondary N) is 1. The van der Waals surface area contributed by atoms with Crippen molar-refractivity contribution in [3.8, 4) is 5.75 Å². The molecule has 1 aromatic carbocycles. The average Bonchev–Trinajstić information content (AvgIpc) is 2.36. The van der Waals surface area contributed by atoms with Crippen molar-refractivity contribution in [3.63, 3.8) is 0 Å². The molecule has 0 aliphatic rings. The van der Waals surface area contributed by atoms with Gasteiger partial charge in [-0.1, -0.05) is 25.1 Å². The molecule has 0 saturated heterocycles. The molecule has 1 atom stereocenters.